The van der Waals surface area contributed by atoms with E-state index in [4.69, 9.17) is 23.2 Å². The average Bonchev–Trinajstić information content (AvgIpc) is 2.53. The van der Waals surface area contributed by atoms with Crippen molar-refractivity contribution in [3.63, 3.8) is 0 Å². The van der Waals surface area contributed by atoms with Crippen LogP contribution in [0.3, 0.4) is 0 Å². The van der Waals surface area contributed by atoms with Gasteiger partial charge in [-0.15, -0.1) is 0 Å². The molecule has 23 heavy (non-hydrogen) atoms. The van der Waals surface area contributed by atoms with E-state index in [1.165, 1.54) is 10.7 Å². The molecule has 3 rings (SSSR count). The van der Waals surface area contributed by atoms with Crippen LogP contribution in [0.5, 0.6) is 0 Å². The van der Waals surface area contributed by atoms with Crippen molar-refractivity contribution in [2.24, 2.45) is 7.05 Å². The van der Waals surface area contributed by atoms with Gasteiger partial charge in [-0.1, -0.05) is 35.3 Å². The molecule has 1 amide bonds. The summed E-state index contributed by atoms with van der Waals surface area (Å²) in [5, 5.41) is 7.81. The van der Waals surface area contributed by atoms with E-state index < -0.39 is 11.3 Å². The minimum absolute atomic E-state index is 0.197. The standard InChI is InChI=1S/C16H11Cl2N3O2/c1-21-13-5-3-2-4-10(13)15(22)14(20-21)16(23)19-12-7-6-9(17)8-11(12)18/h2-8H,1H3,(H,19,23). The monoisotopic (exact) mass is 347 g/mol. The number of aryl methyl sites for hydroxylation is 1. The third-order valence-electron chi connectivity index (χ3n) is 3.36. The highest BCUT2D eigenvalue weighted by atomic mass is 35.5. The number of amides is 1. The predicted molar refractivity (Wildman–Crippen MR) is 91.4 cm³/mol. The summed E-state index contributed by atoms with van der Waals surface area (Å²) >= 11 is 11.8. The summed E-state index contributed by atoms with van der Waals surface area (Å²) in [7, 11) is 1.67. The molecule has 0 saturated carbocycles. The maximum Gasteiger partial charge on any atom is 0.280 e. The van der Waals surface area contributed by atoms with E-state index in [0.717, 1.165) is 0 Å². The van der Waals surface area contributed by atoms with Crippen LogP contribution >= 0.6 is 23.2 Å². The lowest BCUT2D eigenvalue weighted by molar-refractivity contribution is 0.101. The number of halogens is 2. The molecule has 0 aliphatic heterocycles. The Balaban J connectivity index is 2.04. The van der Waals surface area contributed by atoms with Gasteiger partial charge in [0.2, 0.25) is 5.43 Å². The SMILES string of the molecule is Cn1nc(C(=O)Nc2ccc(Cl)cc2Cl)c(=O)c2ccccc21. The summed E-state index contributed by atoms with van der Waals surface area (Å²) in [5.74, 6) is -0.624. The average molecular weight is 348 g/mol. The number of benzene rings is 2. The molecule has 0 atom stereocenters. The zero-order valence-corrected chi connectivity index (χ0v) is 13.5. The molecule has 2 aromatic carbocycles. The number of para-hydroxylation sites is 1. The van der Waals surface area contributed by atoms with Crippen molar-refractivity contribution in [2.45, 2.75) is 0 Å². The zero-order valence-electron chi connectivity index (χ0n) is 12.0. The smallest absolute Gasteiger partial charge is 0.280 e. The van der Waals surface area contributed by atoms with Gasteiger partial charge in [0, 0.05) is 17.5 Å². The lowest BCUT2D eigenvalue weighted by Crippen LogP contribution is -2.26. The first kappa shape index (κ1) is 15.5. The maximum atomic E-state index is 12.5. The fraction of sp³-hybridized carbons (Fsp3) is 0.0625. The number of nitrogens with one attached hydrogen (secondary N) is 1. The number of hydrogen-bond acceptors (Lipinski definition) is 3. The van der Waals surface area contributed by atoms with Gasteiger partial charge in [0.25, 0.3) is 5.91 Å². The van der Waals surface area contributed by atoms with Gasteiger partial charge in [-0.25, -0.2) is 0 Å². The van der Waals surface area contributed by atoms with Crippen LogP contribution in [0.15, 0.2) is 47.3 Å². The lowest BCUT2D eigenvalue weighted by atomic mass is 10.2. The van der Waals surface area contributed by atoms with Crippen molar-refractivity contribution in [1.29, 1.82) is 0 Å². The number of carbonyl (C=O) groups excluding carboxylic acids is 1. The molecular weight excluding hydrogens is 337 g/mol. The first-order chi connectivity index (χ1) is 11.0. The van der Waals surface area contributed by atoms with Gasteiger partial charge in [0.15, 0.2) is 5.69 Å². The highest BCUT2D eigenvalue weighted by molar-refractivity contribution is 6.36. The molecule has 1 N–H and O–H groups in total. The van der Waals surface area contributed by atoms with Gasteiger partial charge in [-0.2, -0.15) is 5.10 Å². The van der Waals surface area contributed by atoms with Gasteiger partial charge in [0.1, 0.15) is 0 Å². The third kappa shape index (κ3) is 2.93. The summed E-state index contributed by atoms with van der Waals surface area (Å²) in [6.45, 7) is 0. The topological polar surface area (TPSA) is 64.0 Å². The highest BCUT2D eigenvalue weighted by Crippen LogP contribution is 2.25. The Labute approximate surface area is 141 Å². The molecule has 1 heterocycles. The molecule has 0 unspecified atom stereocenters. The van der Waals surface area contributed by atoms with E-state index in [0.29, 0.717) is 21.6 Å². The fourth-order valence-corrected chi connectivity index (χ4v) is 2.70. The lowest BCUT2D eigenvalue weighted by Gasteiger charge is -2.09. The number of anilines is 1. The van der Waals surface area contributed by atoms with Crippen molar-refractivity contribution in [3.05, 3.63) is 68.4 Å². The van der Waals surface area contributed by atoms with E-state index in [1.807, 2.05) is 0 Å². The molecule has 0 aliphatic rings. The number of carbonyl (C=O) groups is 1. The highest BCUT2D eigenvalue weighted by Gasteiger charge is 2.17. The Kier molecular flexibility index (Phi) is 4.07. The Bertz CT molecular complexity index is 983. The summed E-state index contributed by atoms with van der Waals surface area (Å²) in [5.41, 5.74) is 0.384. The molecule has 0 aliphatic carbocycles. The summed E-state index contributed by atoms with van der Waals surface area (Å²) < 4.78 is 1.50. The Morgan fingerprint density at radius 3 is 2.65 bits per heavy atom. The van der Waals surface area contributed by atoms with Gasteiger partial charge >= 0.3 is 0 Å². The second-order valence-corrected chi connectivity index (χ2v) is 5.74. The largest absolute Gasteiger partial charge is 0.319 e. The third-order valence-corrected chi connectivity index (χ3v) is 3.90. The minimum Gasteiger partial charge on any atom is -0.319 e. The van der Waals surface area contributed by atoms with Crippen LogP contribution in [0.2, 0.25) is 10.0 Å². The Morgan fingerprint density at radius 2 is 1.91 bits per heavy atom. The normalized spacial score (nSPS) is 10.7. The number of aromatic nitrogens is 2. The zero-order chi connectivity index (χ0) is 16.6. The molecule has 0 spiro atoms. The molecule has 116 valence electrons. The fourth-order valence-electron chi connectivity index (χ4n) is 2.25. The number of nitrogens with zero attached hydrogens (tertiary/aromatic N) is 2. The van der Waals surface area contributed by atoms with Crippen LogP contribution in [-0.2, 0) is 7.05 Å². The Morgan fingerprint density at radius 1 is 1.17 bits per heavy atom. The van der Waals surface area contributed by atoms with E-state index >= 15 is 0 Å². The quantitative estimate of drug-likeness (QED) is 0.771. The van der Waals surface area contributed by atoms with Crippen molar-refractivity contribution >= 4 is 45.7 Å². The number of rotatable bonds is 2. The van der Waals surface area contributed by atoms with Gasteiger partial charge in [-0.05, 0) is 30.3 Å². The molecule has 0 fully saturated rings. The molecule has 0 bridgehead atoms. The molecule has 0 saturated heterocycles. The van der Waals surface area contributed by atoms with Crippen molar-refractivity contribution in [1.82, 2.24) is 9.78 Å². The van der Waals surface area contributed by atoms with E-state index in [1.54, 1.807) is 43.4 Å². The van der Waals surface area contributed by atoms with Gasteiger partial charge < -0.3 is 5.32 Å². The van der Waals surface area contributed by atoms with Crippen LogP contribution in [-0.4, -0.2) is 15.7 Å². The summed E-state index contributed by atoms with van der Waals surface area (Å²) in [6.07, 6.45) is 0. The van der Waals surface area contributed by atoms with Crippen LogP contribution in [0.4, 0.5) is 5.69 Å². The molecular formula is C16H11Cl2N3O2. The first-order valence-electron chi connectivity index (χ1n) is 6.70. The van der Waals surface area contributed by atoms with Crippen molar-refractivity contribution in [3.8, 4) is 0 Å². The van der Waals surface area contributed by atoms with Gasteiger partial charge in [-0.3, -0.25) is 14.3 Å². The van der Waals surface area contributed by atoms with Crippen LogP contribution in [0, 0.1) is 0 Å². The predicted octanol–water partition coefficient (Wildman–Crippen LogP) is 3.49. The number of fused-ring (bicyclic) bond motifs is 1. The summed E-state index contributed by atoms with van der Waals surface area (Å²) in [6, 6.07) is 11.6. The van der Waals surface area contributed by atoms with Crippen molar-refractivity contribution < 1.29 is 4.79 Å². The van der Waals surface area contributed by atoms with E-state index in [-0.39, 0.29) is 10.7 Å². The van der Waals surface area contributed by atoms with Crippen LogP contribution < -0.4 is 10.7 Å². The Hall–Kier alpha value is -2.37. The van der Waals surface area contributed by atoms with E-state index in [9.17, 15) is 9.59 Å². The second-order valence-electron chi connectivity index (χ2n) is 4.90. The van der Waals surface area contributed by atoms with Crippen LogP contribution in [0.1, 0.15) is 10.5 Å². The maximum absolute atomic E-state index is 12.5. The van der Waals surface area contributed by atoms with E-state index in [2.05, 4.69) is 10.4 Å². The van der Waals surface area contributed by atoms with Crippen LogP contribution in [0.25, 0.3) is 10.9 Å². The minimum atomic E-state index is -0.624. The van der Waals surface area contributed by atoms with Crippen molar-refractivity contribution in [2.75, 3.05) is 5.32 Å². The molecule has 1 aromatic heterocycles. The number of hydrogen-bond donors (Lipinski definition) is 1. The molecule has 0 radical (unpaired) electrons. The van der Waals surface area contributed by atoms with Gasteiger partial charge in [0.05, 0.1) is 16.2 Å². The molecule has 7 heteroatoms. The molecule has 5 nitrogen and oxygen atoms in total. The molecule has 3 aromatic rings. The second kappa shape index (κ2) is 6.02. The first-order valence-corrected chi connectivity index (χ1v) is 7.45. The summed E-state index contributed by atoms with van der Waals surface area (Å²) in [4.78, 5) is 24.9.